The van der Waals surface area contributed by atoms with Crippen molar-refractivity contribution in [3.8, 4) is 0 Å². The average molecular weight is 1030 g/mol. The molecule has 6 fully saturated rings. The number of allylic oxidation sites excluding steroid dienone is 8. The normalized spacial score (nSPS) is 45.2. The van der Waals surface area contributed by atoms with Crippen LogP contribution in [0.2, 0.25) is 0 Å². The molecule has 0 unspecified atom stereocenters. The second kappa shape index (κ2) is 21.2. The van der Waals surface area contributed by atoms with Gasteiger partial charge in [-0.1, -0.05) is 51.0 Å². The molecule has 4 N–H and O–H groups in total. The molecule has 0 radical (unpaired) electrons. The fraction of sp³-hybridized carbons (Fsp3) is 0.727. The number of fused-ring (bicyclic) bond motifs is 10. The van der Waals surface area contributed by atoms with Gasteiger partial charge in [-0.15, -0.1) is 0 Å². The maximum Gasteiger partial charge on any atom is 1.00 e. The van der Waals surface area contributed by atoms with E-state index in [4.69, 9.17) is 0 Å². The summed E-state index contributed by atoms with van der Waals surface area (Å²) < 4.78 is 64.0. The van der Waals surface area contributed by atoms with Crippen molar-refractivity contribution in [2.75, 3.05) is 13.2 Å². The molecule has 0 heterocycles. The van der Waals surface area contributed by atoms with Crippen LogP contribution in [0.1, 0.15) is 92.9 Å². The third-order valence-electron chi connectivity index (χ3n) is 18.0. The van der Waals surface area contributed by atoms with E-state index in [1.165, 1.54) is 36.5 Å². The summed E-state index contributed by atoms with van der Waals surface area (Å²) in [7, 11) is -10.9. The third kappa shape index (κ3) is 9.49. The summed E-state index contributed by atoms with van der Waals surface area (Å²) in [5, 5.41) is 45.5. The molecule has 16 atom stereocenters. The average Bonchev–Trinajstić information content (AvgIpc) is 3.52. The number of halogens is 2. The van der Waals surface area contributed by atoms with Crippen LogP contribution in [0.5, 0.6) is 0 Å². The number of phosphoric acid groups is 2. The molecule has 0 saturated heterocycles. The topological polar surface area (TPSA) is 294 Å². The zero-order valence-electron chi connectivity index (χ0n) is 40.5. The zero-order chi connectivity index (χ0) is 47.8. The Morgan fingerprint density at radius 3 is 1.25 bits per heavy atom. The second-order valence-electron chi connectivity index (χ2n) is 20.6. The van der Waals surface area contributed by atoms with Gasteiger partial charge in [-0.2, -0.15) is 0 Å². The SMILES string of the molecule is C[C@@H]1C[C@H]2[C@@H]3CCC4=CC(=O)C=C[C@]4(C)[C@@]3(F)[C@@H](O)C[C@]2(C)[C@@]1(O)C(=O)COP(=O)([O-])[O-].C[C@@H]1C[C@H]2[C@@H]3CCC4=CC(=O)C=C[C@]4(C)[C@@]3(F)[C@@H](O)C[C@]2(C)[C@@]1(O)C(=O)COP(=O)([O-])[O-].[Na+].[Na+].[Na+].[Na+]. The van der Waals surface area contributed by atoms with Crippen LogP contribution in [-0.2, 0) is 37.4 Å². The number of hydrogen-bond acceptors (Lipinski definition) is 16. The van der Waals surface area contributed by atoms with E-state index in [-0.39, 0.29) is 155 Å². The number of carbonyl (C=O) groups excluding carboxylic acids is 4. The van der Waals surface area contributed by atoms with E-state index >= 15 is 8.78 Å². The first kappa shape index (κ1) is 63.8. The van der Waals surface area contributed by atoms with E-state index in [9.17, 15) is 68.3 Å². The van der Waals surface area contributed by atoms with E-state index in [2.05, 4.69) is 9.05 Å². The molecule has 0 aromatic carbocycles. The van der Waals surface area contributed by atoms with Crippen LogP contribution >= 0.6 is 15.6 Å². The van der Waals surface area contributed by atoms with Crippen LogP contribution in [-0.4, -0.2) is 91.5 Å². The molecule has 0 aliphatic heterocycles. The Kier molecular flexibility index (Phi) is 19.9. The summed E-state index contributed by atoms with van der Waals surface area (Å²) in [6.45, 7) is 7.60. The maximum absolute atomic E-state index is 17.0. The van der Waals surface area contributed by atoms with Crippen molar-refractivity contribution in [3.05, 3.63) is 47.6 Å². The van der Waals surface area contributed by atoms with E-state index < -0.39 is 132 Å². The Hall–Kier alpha value is 1.56. The number of rotatable bonds is 8. The number of alkyl halides is 2. The minimum Gasteiger partial charge on any atom is -0.790 e. The summed E-state index contributed by atoms with van der Waals surface area (Å²) in [5.41, 5.74) is -12.1. The fourth-order valence-electron chi connectivity index (χ4n) is 14.8. The van der Waals surface area contributed by atoms with Gasteiger partial charge in [0, 0.05) is 33.5 Å². The van der Waals surface area contributed by atoms with E-state index in [1.54, 1.807) is 41.5 Å². The Bertz CT molecular complexity index is 2120. The van der Waals surface area contributed by atoms with Crippen molar-refractivity contribution in [2.24, 2.45) is 57.2 Å². The van der Waals surface area contributed by atoms with Crippen LogP contribution in [0, 0.1) is 57.2 Å². The van der Waals surface area contributed by atoms with E-state index in [1.807, 2.05) is 0 Å². The van der Waals surface area contributed by atoms with Gasteiger partial charge in [0.05, 0.1) is 27.9 Å². The van der Waals surface area contributed by atoms with Gasteiger partial charge >= 0.3 is 118 Å². The van der Waals surface area contributed by atoms with Gasteiger partial charge in [-0.05, 0) is 113 Å². The second-order valence-corrected chi connectivity index (χ2v) is 22.9. The van der Waals surface area contributed by atoms with Gasteiger partial charge < -0.3 is 58.2 Å². The van der Waals surface area contributed by atoms with Crippen molar-refractivity contribution in [3.63, 3.8) is 0 Å². The number of phosphoric ester groups is 2. The summed E-state index contributed by atoms with van der Waals surface area (Å²) >= 11 is 0. The first-order valence-electron chi connectivity index (χ1n) is 21.7. The molecular formula is C44H56F2Na4O16P2. The summed E-state index contributed by atoms with van der Waals surface area (Å²) in [5.74, 6) is -6.11. The third-order valence-corrected chi connectivity index (χ3v) is 18.9. The number of carbonyl (C=O) groups is 4. The number of hydrogen-bond donors (Lipinski definition) is 4. The molecule has 6 saturated carbocycles. The Morgan fingerprint density at radius 2 is 0.956 bits per heavy atom. The molecule has 0 bridgehead atoms. The molecule has 0 amide bonds. The monoisotopic (exact) mass is 1030 g/mol. The number of Topliss-reactive ketones (excluding diaryl/α,β-unsaturated/α-hetero) is 2. The van der Waals surface area contributed by atoms with Crippen LogP contribution < -0.4 is 138 Å². The van der Waals surface area contributed by atoms with Crippen molar-refractivity contribution in [2.45, 2.75) is 128 Å². The first-order valence-corrected chi connectivity index (χ1v) is 24.6. The molecule has 8 aliphatic carbocycles. The van der Waals surface area contributed by atoms with Gasteiger partial charge in [-0.3, -0.25) is 19.2 Å². The van der Waals surface area contributed by atoms with Gasteiger partial charge in [-0.25, -0.2) is 8.78 Å². The molecule has 16 nitrogen and oxygen atoms in total. The van der Waals surface area contributed by atoms with Crippen LogP contribution in [0.3, 0.4) is 0 Å². The van der Waals surface area contributed by atoms with Crippen LogP contribution in [0.4, 0.5) is 8.78 Å². The minimum atomic E-state index is -5.43. The van der Waals surface area contributed by atoms with E-state index in [0.29, 0.717) is 36.8 Å². The summed E-state index contributed by atoms with van der Waals surface area (Å²) in [6, 6.07) is 0. The Balaban J connectivity index is 0.000000340. The minimum absolute atomic E-state index is 0. The first-order chi connectivity index (χ1) is 29.2. The maximum atomic E-state index is 17.0. The molecule has 8 aliphatic rings. The number of aliphatic hydroxyl groups excluding tert-OH is 2. The Morgan fingerprint density at radius 1 is 0.647 bits per heavy atom. The van der Waals surface area contributed by atoms with E-state index in [0.717, 1.165) is 0 Å². The standard InChI is InChI=1S/2C22H30FO8P.4Na/c2*1-12-8-16-15-5-4-13-9-14(24)6-7-19(13,2)21(15,23)17(25)10-20(16,3)22(12,27)18(26)11-31-32(28,29)30;;;;/h2*6-7,9,12,15-17,25,27H,4-5,8,10-11H2,1-3H3,(H2,28,29,30);;;;/q;;4*+1/p-4/t2*12-,15+,16+,17+,19+,20+,21+,22+;;;;/m11..../s1. The van der Waals surface area contributed by atoms with Crippen molar-refractivity contribution in [1.82, 2.24) is 0 Å². The number of aliphatic hydroxyl groups is 4. The van der Waals surface area contributed by atoms with Gasteiger partial charge in [0.25, 0.3) is 0 Å². The van der Waals surface area contributed by atoms with Gasteiger partial charge in [0.15, 0.2) is 34.5 Å². The van der Waals surface area contributed by atoms with Crippen molar-refractivity contribution >= 4 is 38.8 Å². The summed E-state index contributed by atoms with van der Waals surface area (Å²) in [6.07, 6.45) is 7.07. The molecule has 24 heteroatoms. The van der Waals surface area contributed by atoms with Crippen LogP contribution in [0.25, 0.3) is 0 Å². The molecule has 0 spiro atoms. The van der Waals surface area contributed by atoms with Crippen molar-refractivity contribution in [1.29, 1.82) is 0 Å². The fourth-order valence-corrected chi connectivity index (χ4v) is 15.3. The molecule has 0 aromatic rings. The Labute approximate surface area is 483 Å². The molecule has 356 valence electrons. The van der Waals surface area contributed by atoms with Crippen molar-refractivity contribution < 1.29 is 204 Å². The quantitative estimate of drug-likeness (QED) is 0.130. The summed E-state index contributed by atoms with van der Waals surface area (Å²) in [4.78, 5) is 93.1. The molecule has 8 rings (SSSR count). The van der Waals surface area contributed by atoms with Crippen LogP contribution in [0.15, 0.2) is 47.6 Å². The van der Waals surface area contributed by atoms with Gasteiger partial charge in [0.1, 0.15) is 24.4 Å². The zero-order valence-corrected chi connectivity index (χ0v) is 50.3. The molecular weight excluding hydrogens is 976 g/mol. The van der Waals surface area contributed by atoms with Gasteiger partial charge in [0.2, 0.25) is 0 Å². The predicted molar refractivity (Wildman–Crippen MR) is 213 cm³/mol. The smallest absolute Gasteiger partial charge is 0.790 e. The number of ketones is 4. The largest absolute Gasteiger partial charge is 1.00 e. The predicted octanol–water partition coefficient (Wildman–Crippen LogP) is -10.5. The molecule has 0 aromatic heterocycles. The molecule has 68 heavy (non-hydrogen) atoms.